The number of nitrogens with zero attached hydrogens (tertiary/aromatic N) is 3. The van der Waals surface area contributed by atoms with Gasteiger partial charge in [-0.2, -0.15) is 5.10 Å². The molecule has 7 nitrogen and oxygen atoms in total. The molecule has 8 heteroatoms. The average Bonchev–Trinajstić information content (AvgIpc) is 2.85. The first kappa shape index (κ1) is 11.8. The van der Waals surface area contributed by atoms with Crippen molar-refractivity contribution in [2.75, 3.05) is 0 Å². The number of nitrogens with one attached hydrogen (secondary N) is 2. The minimum absolute atomic E-state index is 0.0610. The van der Waals surface area contributed by atoms with E-state index in [1.807, 2.05) is 0 Å². The number of imidazole rings is 1. The second kappa shape index (κ2) is 4.30. The van der Waals surface area contributed by atoms with Crippen molar-refractivity contribution in [3.63, 3.8) is 0 Å². The third-order valence-electron chi connectivity index (χ3n) is 2.18. The normalized spacial score (nSPS) is 11.9. The fraction of sp³-hybridized carbons (Fsp3) is 0.333. The van der Waals surface area contributed by atoms with Gasteiger partial charge in [0.25, 0.3) is 10.0 Å². The Labute approximate surface area is 98.9 Å². The molecule has 0 saturated carbocycles. The summed E-state index contributed by atoms with van der Waals surface area (Å²) in [6.07, 6.45) is 3.04. The summed E-state index contributed by atoms with van der Waals surface area (Å²) in [5, 5.41) is 4.14. The van der Waals surface area contributed by atoms with Crippen molar-refractivity contribution >= 4 is 10.0 Å². The Kier molecular flexibility index (Phi) is 2.99. The highest BCUT2D eigenvalue weighted by Crippen LogP contribution is 2.05. The average molecular weight is 255 g/mol. The van der Waals surface area contributed by atoms with E-state index in [-0.39, 0.29) is 11.6 Å². The third kappa shape index (κ3) is 2.71. The molecule has 0 unspecified atom stereocenters. The minimum atomic E-state index is -3.55. The zero-order valence-corrected chi connectivity index (χ0v) is 10.3. The molecule has 0 aliphatic rings. The molecule has 92 valence electrons. The smallest absolute Gasteiger partial charge is 0.257 e. The van der Waals surface area contributed by atoms with E-state index >= 15 is 0 Å². The van der Waals surface area contributed by atoms with Crippen LogP contribution in [0.1, 0.15) is 11.5 Å². The van der Waals surface area contributed by atoms with Gasteiger partial charge in [-0.1, -0.05) is 0 Å². The van der Waals surface area contributed by atoms with Crippen LogP contribution in [-0.4, -0.2) is 28.2 Å². The van der Waals surface area contributed by atoms with Crippen LogP contribution >= 0.6 is 0 Å². The van der Waals surface area contributed by atoms with Crippen molar-refractivity contribution in [1.29, 1.82) is 0 Å². The van der Waals surface area contributed by atoms with Crippen molar-refractivity contribution in [3.05, 3.63) is 30.0 Å². The lowest BCUT2D eigenvalue weighted by atomic mass is 10.4. The summed E-state index contributed by atoms with van der Waals surface area (Å²) in [7, 11) is -1.77. The highest BCUT2D eigenvalue weighted by Gasteiger charge is 2.16. The van der Waals surface area contributed by atoms with Crippen LogP contribution in [0.15, 0.2) is 23.5 Å². The fourth-order valence-corrected chi connectivity index (χ4v) is 2.31. The Morgan fingerprint density at radius 1 is 1.53 bits per heavy atom. The molecule has 2 N–H and O–H groups in total. The van der Waals surface area contributed by atoms with Crippen LogP contribution in [0.5, 0.6) is 0 Å². The highest BCUT2D eigenvalue weighted by atomic mass is 32.2. The molecule has 0 spiro atoms. The van der Waals surface area contributed by atoms with Gasteiger partial charge in [-0.15, -0.1) is 0 Å². The van der Waals surface area contributed by atoms with E-state index in [0.717, 1.165) is 0 Å². The SMILES string of the molecule is Cc1ncc(S(=O)(=O)NCc2ccn(C)n2)[nH]1. The summed E-state index contributed by atoms with van der Waals surface area (Å²) in [6, 6.07) is 1.75. The van der Waals surface area contributed by atoms with E-state index in [9.17, 15) is 8.42 Å². The Morgan fingerprint density at radius 2 is 2.29 bits per heavy atom. The molecular weight excluding hydrogens is 242 g/mol. The van der Waals surface area contributed by atoms with E-state index in [2.05, 4.69) is 19.8 Å². The molecule has 2 heterocycles. The topological polar surface area (TPSA) is 92.7 Å². The molecule has 17 heavy (non-hydrogen) atoms. The Balaban J connectivity index is 2.08. The number of aromatic amines is 1. The first-order chi connectivity index (χ1) is 7.97. The summed E-state index contributed by atoms with van der Waals surface area (Å²) in [5.41, 5.74) is 0.660. The van der Waals surface area contributed by atoms with E-state index in [1.165, 1.54) is 6.20 Å². The summed E-state index contributed by atoms with van der Waals surface area (Å²) >= 11 is 0. The fourth-order valence-electron chi connectivity index (χ4n) is 1.34. The quantitative estimate of drug-likeness (QED) is 0.799. The molecule has 2 rings (SSSR count). The van der Waals surface area contributed by atoms with Gasteiger partial charge < -0.3 is 4.98 Å². The molecule has 2 aromatic heterocycles. The maximum atomic E-state index is 11.8. The number of hydrogen-bond donors (Lipinski definition) is 2. The molecule has 0 fully saturated rings. The van der Waals surface area contributed by atoms with E-state index < -0.39 is 10.0 Å². The van der Waals surface area contributed by atoms with Crippen LogP contribution < -0.4 is 4.72 Å². The number of sulfonamides is 1. The van der Waals surface area contributed by atoms with Gasteiger partial charge in [-0.05, 0) is 13.0 Å². The lowest BCUT2D eigenvalue weighted by Crippen LogP contribution is -2.23. The van der Waals surface area contributed by atoms with E-state index in [4.69, 9.17) is 0 Å². The molecule has 2 aromatic rings. The maximum absolute atomic E-state index is 11.8. The molecule has 0 radical (unpaired) electrons. The summed E-state index contributed by atoms with van der Waals surface area (Å²) in [6.45, 7) is 1.85. The summed E-state index contributed by atoms with van der Waals surface area (Å²) in [5.74, 6) is 0.559. The van der Waals surface area contributed by atoms with Crippen molar-refractivity contribution in [2.45, 2.75) is 18.5 Å². The zero-order valence-electron chi connectivity index (χ0n) is 9.51. The van der Waals surface area contributed by atoms with Crippen LogP contribution in [0, 0.1) is 6.92 Å². The van der Waals surface area contributed by atoms with Crippen LogP contribution in [-0.2, 0) is 23.6 Å². The first-order valence-corrected chi connectivity index (χ1v) is 6.45. The molecule has 0 bridgehead atoms. The molecule has 0 saturated heterocycles. The lowest BCUT2D eigenvalue weighted by molar-refractivity contribution is 0.576. The van der Waals surface area contributed by atoms with Crippen molar-refractivity contribution in [3.8, 4) is 0 Å². The Bertz CT molecular complexity index is 613. The number of rotatable bonds is 4. The van der Waals surface area contributed by atoms with Crippen molar-refractivity contribution in [1.82, 2.24) is 24.5 Å². The summed E-state index contributed by atoms with van der Waals surface area (Å²) in [4.78, 5) is 6.52. The zero-order chi connectivity index (χ0) is 12.5. The largest absolute Gasteiger partial charge is 0.332 e. The van der Waals surface area contributed by atoms with Gasteiger partial charge in [-0.3, -0.25) is 4.68 Å². The second-order valence-corrected chi connectivity index (χ2v) is 5.37. The van der Waals surface area contributed by atoms with E-state index in [1.54, 1.807) is 30.9 Å². The molecule has 0 aromatic carbocycles. The number of H-pyrrole nitrogens is 1. The Hall–Kier alpha value is -1.67. The van der Waals surface area contributed by atoms with Crippen LogP contribution in [0.4, 0.5) is 0 Å². The monoisotopic (exact) mass is 255 g/mol. The molecule has 0 atom stereocenters. The van der Waals surface area contributed by atoms with Gasteiger partial charge in [0, 0.05) is 13.2 Å². The predicted molar refractivity (Wildman–Crippen MR) is 60.6 cm³/mol. The molecule has 0 aliphatic carbocycles. The van der Waals surface area contributed by atoms with Crippen molar-refractivity contribution in [2.24, 2.45) is 7.05 Å². The molecule has 0 amide bonds. The maximum Gasteiger partial charge on any atom is 0.257 e. The number of aryl methyl sites for hydroxylation is 2. The number of aromatic nitrogens is 4. The standard InChI is InChI=1S/C9H13N5O2S/c1-7-10-6-9(12-7)17(15,16)11-5-8-3-4-14(2)13-8/h3-4,6,11H,5H2,1-2H3,(H,10,12). The minimum Gasteiger partial charge on any atom is -0.332 e. The Morgan fingerprint density at radius 3 is 2.82 bits per heavy atom. The van der Waals surface area contributed by atoms with Crippen LogP contribution in [0.3, 0.4) is 0 Å². The van der Waals surface area contributed by atoms with Crippen molar-refractivity contribution < 1.29 is 8.42 Å². The number of hydrogen-bond acceptors (Lipinski definition) is 4. The second-order valence-electron chi connectivity index (χ2n) is 3.64. The molecular formula is C9H13N5O2S. The van der Waals surface area contributed by atoms with Gasteiger partial charge in [0.15, 0.2) is 5.03 Å². The molecule has 0 aliphatic heterocycles. The third-order valence-corrected chi connectivity index (χ3v) is 3.49. The summed E-state index contributed by atoms with van der Waals surface area (Å²) < 4.78 is 27.7. The van der Waals surface area contributed by atoms with E-state index in [0.29, 0.717) is 11.5 Å². The van der Waals surface area contributed by atoms with Gasteiger partial charge in [0.1, 0.15) is 5.82 Å². The van der Waals surface area contributed by atoms with Gasteiger partial charge in [0.2, 0.25) is 0 Å². The van der Waals surface area contributed by atoms with Crippen LogP contribution in [0.2, 0.25) is 0 Å². The predicted octanol–water partition coefficient (Wildman–Crippen LogP) is -0.0699. The van der Waals surface area contributed by atoms with Crippen LogP contribution in [0.25, 0.3) is 0 Å². The first-order valence-electron chi connectivity index (χ1n) is 4.97. The van der Waals surface area contributed by atoms with Gasteiger partial charge >= 0.3 is 0 Å². The van der Waals surface area contributed by atoms with Gasteiger partial charge in [-0.25, -0.2) is 18.1 Å². The lowest BCUT2D eigenvalue weighted by Gasteiger charge is -2.02. The highest BCUT2D eigenvalue weighted by molar-refractivity contribution is 7.89. The van der Waals surface area contributed by atoms with Gasteiger partial charge in [0.05, 0.1) is 18.4 Å².